The second kappa shape index (κ2) is 5.68. The number of ether oxygens (including phenoxy) is 1. The summed E-state index contributed by atoms with van der Waals surface area (Å²) >= 11 is 0. The number of benzene rings is 1. The van der Waals surface area contributed by atoms with E-state index in [1.807, 2.05) is 6.08 Å². The van der Waals surface area contributed by atoms with Crippen molar-refractivity contribution in [2.45, 2.75) is 42.5 Å². The molecule has 2 aliphatic rings. The number of hydrogen-bond acceptors (Lipinski definition) is 2. The van der Waals surface area contributed by atoms with Gasteiger partial charge in [0.15, 0.2) is 0 Å². The van der Waals surface area contributed by atoms with E-state index in [-0.39, 0.29) is 16.1 Å². The van der Waals surface area contributed by atoms with Crippen molar-refractivity contribution in [1.29, 1.82) is 0 Å². The van der Waals surface area contributed by atoms with E-state index in [0.29, 0.717) is 6.42 Å². The first kappa shape index (κ1) is 15.5. The largest absolute Gasteiger partial charge is 0.573 e. The molecule has 1 aromatic carbocycles. The lowest BCUT2D eigenvalue weighted by Gasteiger charge is -2.33. The van der Waals surface area contributed by atoms with Crippen LogP contribution in [0.1, 0.15) is 31.2 Å². The molecule has 7 heteroatoms. The minimum absolute atomic E-state index is 0.0178. The fourth-order valence-corrected chi connectivity index (χ4v) is 4.99. The van der Waals surface area contributed by atoms with Crippen molar-refractivity contribution in [3.05, 3.63) is 35.7 Å². The third kappa shape index (κ3) is 3.19. The fourth-order valence-electron chi connectivity index (χ4n) is 3.05. The lowest BCUT2D eigenvalue weighted by molar-refractivity contribution is -0.274. The lowest BCUT2D eigenvalue weighted by atomic mass is 9.93. The molecule has 3 unspecified atom stereocenters. The maximum absolute atomic E-state index is 14.1. The van der Waals surface area contributed by atoms with Crippen molar-refractivity contribution in [2.24, 2.45) is 0 Å². The third-order valence-electron chi connectivity index (χ3n) is 4.00. The Bertz CT molecular complexity index is 639. The standard InChI is InChI=1S/C15H14F4O2S/c16-14-8-10(21-15(17,18)19)4-5-13(14)9-6-11-2-1-3-12(7-9)22(11)20/h4-6,8,11-12H,1-3,7H2. The molecule has 0 amide bonds. The van der Waals surface area contributed by atoms with E-state index < -0.39 is 28.7 Å². The number of alkyl halides is 3. The van der Waals surface area contributed by atoms with Crippen LogP contribution < -0.4 is 4.74 Å². The van der Waals surface area contributed by atoms with Crippen LogP contribution in [0.3, 0.4) is 0 Å². The molecule has 1 aromatic rings. The Hall–Kier alpha value is -1.37. The van der Waals surface area contributed by atoms with Crippen molar-refractivity contribution >= 4 is 16.4 Å². The molecule has 2 heterocycles. The van der Waals surface area contributed by atoms with Gasteiger partial charge in [0.1, 0.15) is 11.6 Å². The molecule has 2 nitrogen and oxygen atoms in total. The van der Waals surface area contributed by atoms with E-state index in [9.17, 15) is 21.8 Å². The van der Waals surface area contributed by atoms with Gasteiger partial charge in [-0.1, -0.05) is 12.5 Å². The minimum atomic E-state index is -4.84. The second-order valence-electron chi connectivity index (χ2n) is 5.51. The molecule has 2 bridgehead atoms. The quantitative estimate of drug-likeness (QED) is 0.759. The summed E-state index contributed by atoms with van der Waals surface area (Å²) in [5.41, 5.74) is 0.994. The van der Waals surface area contributed by atoms with E-state index in [4.69, 9.17) is 0 Å². The molecule has 0 N–H and O–H groups in total. The highest BCUT2D eigenvalue weighted by molar-refractivity contribution is 7.86. The van der Waals surface area contributed by atoms with Gasteiger partial charge in [-0.2, -0.15) is 0 Å². The summed E-state index contributed by atoms with van der Waals surface area (Å²) in [5, 5.41) is -0.0581. The Morgan fingerprint density at radius 2 is 2.00 bits per heavy atom. The Kier molecular flexibility index (Phi) is 4.01. The molecule has 3 rings (SSSR count). The van der Waals surface area contributed by atoms with Crippen LogP contribution in [0.4, 0.5) is 17.6 Å². The fraction of sp³-hybridized carbons (Fsp3) is 0.467. The van der Waals surface area contributed by atoms with Crippen molar-refractivity contribution < 1.29 is 26.5 Å². The van der Waals surface area contributed by atoms with Crippen molar-refractivity contribution in [3.8, 4) is 5.75 Å². The summed E-state index contributed by atoms with van der Waals surface area (Å²) in [4.78, 5) is 0. The molecular formula is C15H14F4O2S. The number of allylic oxidation sites excluding steroid dienone is 1. The Labute approximate surface area is 127 Å². The van der Waals surface area contributed by atoms with Gasteiger partial charge in [-0.3, -0.25) is 4.21 Å². The number of hydrogen-bond donors (Lipinski definition) is 0. The minimum Gasteiger partial charge on any atom is -0.406 e. The summed E-state index contributed by atoms with van der Waals surface area (Å²) in [5.74, 6) is -1.33. The highest BCUT2D eigenvalue weighted by Crippen LogP contribution is 2.38. The average molecular weight is 334 g/mol. The van der Waals surface area contributed by atoms with Gasteiger partial charge in [0.05, 0.1) is 5.25 Å². The highest BCUT2D eigenvalue weighted by Gasteiger charge is 2.35. The molecule has 0 spiro atoms. The topological polar surface area (TPSA) is 26.3 Å². The van der Waals surface area contributed by atoms with Gasteiger partial charge in [0, 0.05) is 27.7 Å². The predicted molar refractivity (Wildman–Crippen MR) is 75.2 cm³/mol. The smallest absolute Gasteiger partial charge is 0.406 e. The third-order valence-corrected chi connectivity index (χ3v) is 6.02. The highest BCUT2D eigenvalue weighted by atomic mass is 32.2. The normalized spacial score (nSPS) is 28.2. The van der Waals surface area contributed by atoms with E-state index in [2.05, 4.69) is 4.74 Å². The van der Waals surface area contributed by atoms with Crippen LogP contribution in [0, 0.1) is 5.82 Å². The Morgan fingerprint density at radius 1 is 1.23 bits per heavy atom. The van der Waals surface area contributed by atoms with E-state index >= 15 is 0 Å². The van der Waals surface area contributed by atoms with Crippen molar-refractivity contribution in [3.63, 3.8) is 0 Å². The second-order valence-corrected chi connectivity index (χ2v) is 7.43. The van der Waals surface area contributed by atoms with Crippen LogP contribution >= 0.6 is 0 Å². The molecule has 2 aliphatic heterocycles. The SMILES string of the molecule is O=S1C2C=C(c3ccc(OC(F)(F)F)cc3F)CC1CCC2. The molecule has 1 saturated heterocycles. The van der Waals surface area contributed by atoms with E-state index in [1.165, 1.54) is 6.07 Å². The lowest BCUT2D eigenvalue weighted by Crippen LogP contribution is -2.33. The molecular weight excluding hydrogens is 320 g/mol. The summed E-state index contributed by atoms with van der Waals surface area (Å²) in [7, 11) is -0.927. The first-order valence-electron chi connectivity index (χ1n) is 6.99. The maximum atomic E-state index is 14.1. The number of halogens is 4. The summed E-state index contributed by atoms with van der Waals surface area (Å²) in [6.07, 6.45) is 0.131. The predicted octanol–water partition coefficient (Wildman–Crippen LogP) is 4.18. The van der Waals surface area contributed by atoms with Crippen LogP contribution in [-0.4, -0.2) is 21.1 Å². The molecule has 22 heavy (non-hydrogen) atoms. The summed E-state index contributed by atoms with van der Waals surface area (Å²) < 4.78 is 66.3. The van der Waals surface area contributed by atoms with E-state index in [0.717, 1.165) is 37.0 Å². The van der Waals surface area contributed by atoms with Gasteiger partial charge in [0.25, 0.3) is 0 Å². The van der Waals surface area contributed by atoms with Crippen molar-refractivity contribution in [1.82, 2.24) is 0 Å². The zero-order valence-electron chi connectivity index (χ0n) is 11.5. The van der Waals surface area contributed by atoms with Gasteiger partial charge < -0.3 is 4.74 Å². The van der Waals surface area contributed by atoms with E-state index in [1.54, 1.807) is 0 Å². The van der Waals surface area contributed by atoms with Gasteiger partial charge >= 0.3 is 6.36 Å². The van der Waals surface area contributed by atoms with Gasteiger partial charge in [-0.25, -0.2) is 4.39 Å². The average Bonchev–Trinajstić information content (AvgIpc) is 2.37. The number of rotatable bonds is 2. The Morgan fingerprint density at radius 3 is 2.64 bits per heavy atom. The van der Waals surface area contributed by atoms with Crippen molar-refractivity contribution in [2.75, 3.05) is 0 Å². The van der Waals surface area contributed by atoms with Crippen LogP contribution in [-0.2, 0) is 10.8 Å². The molecule has 120 valence electrons. The van der Waals surface area contributed by atoms with Crippen LogP contribution in [0.5, 0.6) is 5.75 Å². The molecule has 3 atom stereocenters. The zero-order chi connectivity index (χ0) is 15.9. The van der Waals surface area contributed by atoms with Crippen LogP contribution in [0.25, 0.3) is 5.57 Å². The first-order valence-corrected chi connectivity index (χ1v) is 8.27. The van der Waals surface area contributed by atoms with Crippen LogP contribution in [0.15, 0.2) is 24.3 Å². The molecule has 0 saturated carbocycles. The summed E-state index contributed by atoms with van der Waals surface area (Å²) in [6.45, 7) is 0. The van der Waals surface area contributed by atoms with Crippen LogP contribution in [0.2, 0.25) is 0 Å². The Balaban J connectivity index is 1.88. The molecule has 0 radical (unpaired) electrons. The monoisotopic (exact) mass is 334 g/mol. The van der Waals surface area contributed by atoms with Gasteiger partial charge in [-0.05, 0) is 37.0 Å². The first-order chi connectivity index (χ1) is 10.3. The molecule has 1 fully saturated rings. The summed E-state index contributed by atoms with van der Waals surface area (Å²) in [6, 6.07) is 3.14. The molecule has 0 aromatic heterocycles. The molecule has 0 aliphatic carbocycles. The van der Waals surface area contributed by atoms with Gasteiger partial charge in [-0.15, -0.1) is 13.2 Å². The van der Waals surface area contributed by atoms with Gasteiger partial charge in [0.2, 0.25) is 0 Å². The number of fused-ring (bicyclic) bond motifs is 2. The maximum Gasteiger partial charge on any atom is 0.573 e. The zero-order valence-corrected chi connectivity index (χ0v) is 12.3.